The number of aliphatic imine (C=N–C) groups is 1. The highest BCUT2D eigenvalue weighted by atomic mass is 16.5. The molecule has 1 atom stereocenters. The minimum absolute atomic E-state index is 0.358. The second-order valence-corrected chi connectivity index (χ2v) is 3.88. The van der Waals surface area contributed by atoms with Crippen molar-refractivity contribution in [2.24, 2.45) is 10.9 Å². The standard InChI is InChI=1S/C11H15NO/c1-8(2)10-7-13-11(12-10)9-5-3-4-6-9/h3-5,8,10H,6-7H2,1-2H3/t10-/m1/s1. The van der Waals surface area contributed by atoms with Crippen molar-refractivity contribution in [2.75, 3.05) is 6.61 Å². The first-order valence-electron chi connectivity index (χ1n) is 4.84. The first-order chi connectivity index (χ1) is 6.27. The summed E-state index contributed by atoms with van der Waals surface area (Å²) in [5.41, 5.74) is 1.23. The van der Waals surface area contributed by atoms with E-state index in [-0.39, 0.29) is 0 Å². The maximum absolute atomic E-state index is 5.55. The lowest BCUT2D eigenvalue weighted by Crippen LogP contribution is -2.13. The third-order valence-corrected chi connectivity index (χ3v) is 2.49. The molecule has 2 rings (SSSR count). The molecule has 70 valence electrons. The van der Waals surface area contributed by atoms with Crippen molar-refractivity contribution in [1.29, 1.82) is 0 Å². The van der Waals surface area contributed by atoms with Crippen molar-refractivity contribution in [2.45, 2.75) is 26.3 Å². The van der Waals surface area contributed by atoms with Gasteiger partial charge in [-0.2, -0.15) is 0 Å². The van der Waals surface area contributed by atoms with E-state index in [0.717, 1.165) is 18.9 Å². The number of rotatable bonds is 2. The molecule has 0 unspecified atom stereocenters. The predicted molar refractivity (Wildman–Crippen MR) is 53.9 cm³/mol. The van der Waals surface area contributed by atoms with Gasteiger partial charge in [-0.05, 0) is 12.3 Å². The smallest absolute Gasteiger partial charge is 0.212 e. The van der Waals surface area contributed by atoms with Gasteiger partial charge >= 0.3 is 0 Å². The summed E-state index contributed by atoms with van der Waals surface area (Å²) in [5, 5.41) is 0. The molecule has 1 aliphatic carbocycles. The molecule has 0 aromatic carbocycles. The molecule has 2 aliphatic rings. The van der Waals surface area contributed by atoms with E-state index >= 15 is 0 Å². The van der Waals surface area contributed by atoms with Crippen LogP contribution in [0.5, 0.6) is 0 Å². The molecule has 1 heterocycles. The molecule has 0 aromatic rings. The van der Waals surface area contributed by atoms with Crippen LogP contribution in [0.15, 0.2) is 28.8 Å². The lowest BCUT2D eigenvalue weighted by molar-refractivity contribution is 0.291. The fourth-order valence-corrected chi connectivity index (χ4v) is 1.51. The normalized spacial score (nSPS) is 26.2. The highest BCUT2D eigenvalue weighted by Crippen LogP contribution is 2.21. The molecule has 0 N–H and O–H groups in total. The number of allylic oxidation sites excluding steroid dienone is 3. The van der Waals surface area contributed by atoms with Gasteiger partial charge < -0.3 is 4.74 Å². The van der Waals surface area contributed by atoms with E-state index in [4.69, 9.17) is 4.74 Å². The van der Waals surface area contributed by atoms with E-state index in [1.165, 1.54) is 5.57 Å². The molecule has 0 saturated heterocycles. The SMILES string of the molecule is CC(C)[C@H]1COC(C2=CC=CC2)=N1. The summed E-state index contributed by atoms with van der Waals surface area (Å²) in [7, 11) is 0. The van der Waals surface area contributed by atoms with Crippen molar-refractivity contribution in [1.82, 2.24) is 0 Å². The van der Waals surface area contributed by atoms with Crippen LogP contribution in [0.1, 0.15) is 20.3 Å². The Morgan fingerprint density at radius 1 is 1.54 bits per heavy atom. The van der Waals surface area contributed by atoms with E-state index in [2.05, 4.69) is 37.1 Å². The van der Waals surface area contributed by atoms with Crippen molar-refractivity contribution in [3.63, 3.8) is 0 Å². The minimum Gasteiger partial charge on any atom is -0.475 e. The van der Waals surface area contributed by atoms with E-state index in [0.29, 0.717) is 12.0 Å². The van der Waals surface area contributed by atoms with Crippen molar-refractivity contribution >= 4 is 5.90 Å². The largest absolute Gasteiger partial charge is 0.475 e. The zero-order valence-electron chi connectivity index (χ0n) is 8.16. The van der Waals surface area contributed by atoms with Crippen LogP contribution in [0.2, 0.25) is 0 Å². The van der Waals surface area contributed by atoms with Crippen LogP contribution in [-0.4, -0.2) is 18.5 Å². The summed E-state index contributed by atoms with van der Waals surface area (Å²) in [6.07, 6.45) is 7.25. The second kappa shape index (κ2) is 3.36. The Morgan fingerprint density at radius 3 is 2.92 bits per heavy atom. The quantitative estimate of drug-likeness (QED) is 0.634. The maximum atomic E-state index is 5.55. The fourth-order valence-electron chi connectivity index (χ4n) is 1.51. The van der Waals surface area contributed by atoms with Crippen molar-refractivity contribution in [3.8, 4) is 0 Å². The predicted octanol–water partition coefficient (Wildman–Crippen LogP) is 2.33. The highest BCUT2D eigenvalue weighted by molar-refractivity contribution is 5.95. The van der Waals surface area contributed by atoms with Gasteiger partial charge in [0.05, 0.1) is 6.04 Å². The summed E-state index contributed by atoms with van der Waals surface area (Å²) in [4.78, 5) is 4.56. The molecular weight excluding hydrogens is 162 g/mol. The Hall–Kier alpha value is -1.05. The topological polar surface area (TPSA) is 21.6 Å². The molecule has 0 aromatic heterocycles. The Balaban J connectivity index is 2.06. The van der Waals surface area contributed by atoms with E-state index in [1.807, 2.05) is 0 Å². The molecule has 0 radical (unpaired) electrons. The summed E-state index contributed by atoms with van der Waals surface area (Å²) in [6.45, 7) is 5.12. The molecular formula is C11H15NO. The van der Waals surface area contributed by atoms with Crippen LogP contribution in [-0.2, 0) is 4.74 Å². The van der Waals surface area contributed by atoms with Gasteiger partial charge in [-0.15, -0.1) is 0 Å². The van der Waals surface area contributed by atoms with Gasteiger partial charge in [0.15, 0.2) is 0 Å². The molecule has 0 bridgehead atoms. The summed E-state index contributed by atoms with van der Waals surface area (Å²) < 4.78 is 5.55. The lowest BCUT2D eigenvalue weighted by Gasteiger charge is -2.06. The van der Waals surface area contributed by atoms with Gasteiger partial charge in [0, 0.05) is 5.57 Å². The van der Waals surface area contributed by atoms with Crippen molar-refractivity contribution < 1.29 is 4.74 Å². The monoisotopic (exact) mass is 177 g/mol. The van der Waals surface area contributed by atoms with Gasteiger partial charge in [-0.25, -0.2) is 4.99 Å². The van der Waals surface area contributed by atoms with Crippen LogP contribution >= 0.6 is 0 Å². The summed E-state index contributed by atoms with van der Waals surface area (Å²) in [5.74, 6) is 1.44. The number of nitrogens with zero attached hydrogens (tertiary/aromatic N) is 1. The molecule has 0 amide bonds. The number of ether oxygens (including phenoxy) is 1. The molecule has 0 saturated carbocycles. The van der Waals surface area contributed by atoms with Gasteiger partial charge in [-0.1, -0.05) is 32.1 Å². The molecule has 2 nitrogen and oxygen atoms in total. The zero-order valence-corrected chi connectivity index (χ0v) is 8.16. The van der Waals surface area contributed by atoms with Crippen LogP contribution < -0.4 is 0 Å². The molecule has 0 fully saturated rings. The Bertz CT molecular complexity index is 286. The average molecular weight is 177 g/mol. The zero-order chi connectivity index (χ0) is 9.26. The first-order valence-corrected chi connectivity index (χ1v) is 4.84. The third kappa shape index (κ3) is 1.67. The van der Waals surface area contributed by atoms with Crippen LogP contribution in [0.3, 0.4) is 0 Å². The Morgan fingerprint density at radius 2 is 2.38 bits per heavy atom. The minimum atomic E-state index is 0.358. The second-order valence-electron chi connectivity index (χ2n) is 3.88. The third-order valence-electron chi connectivity index (χ3n) is 2.49. The van der Waals surface area contributed by atoms with Crippen LogP contribution in [0.25, 0.3) is 0 Å². The number of hydrogen-bond donors (Lipinski definition) is 0. The van der Waals surface area contributed by atoms with E-state index < -0.39 is 0 Å². The summed E-state index contributed by atoms with van der Waals surface area (Å²) in [6, 6.07) is 0.358. The molecule has 2 heteroatoms. The van der Waals surface area contributed by atoms with Gasteiger partial charge in [0.1, 0.15) is 6.61 Å². The Kier molecular flexibility index (Phi) is 2.21. The van der Waals surface area contributed by atoms with Gasteiger partial charge in [0.25, 0.3) is 0 Å². The van der Waals surface area contributed by atoms with Crippen LogP contribution in [0, 0.1) is 5.92 Å². The molecule has 0 spiro atoms. The van der Waals surface area contributed by atoms with Crippen molar-refractivity contribution in [3.05, 3.63) is 23.8 Å². The fraction of sp³-hybridized carbons (Fsp3) is 0.545. The average Bonchev–Trinajstić information content (AvgIpc) is 2.75. The Labute approximate surface area is 79.0 Å². The summed E-state index contributed by atoms with van der Waals surface area (Å²) >= 11 is 0. The maximum Gasteiger partial charge on any atom is 0.212 e. The van der Waals surface area contributed by atoms with Gasteiger partial charge in [-0.3, -0.25) is 0 Å². The highest BCUT2D eigenvalue weighted by Gasteiger charge is 2.23. The van der Waals surface area contributed by atoms with E-state index in [1.54, 1.807) is 0 Å². The molecule has 1 aliphatic heterocycles. The molecule has 13 heavy (non-hydrogen) atoms. The first kappa shape index (κ1) is 8.54. The van der Waals surface area contributed by atoms with Crippen LogP contribution in [0.4, 0.5) is 0 Å². The van der Waals surface area contributed by atoms with E-state index in [9.17, 15) is 0 Å². The number of hydrogen-bond acceptors (Lipinski definition) is 2. The van der Waals surface area contributed by atoms with Gasteiger partial charge in [0.2, 0.25) is 5.90 Å². The lowest BCUT2D eigenvalue weighted by atomic mass is 10.1.